The molecule has 342 valence electrons. The summed E-state index contributed by atoms with van der Waals surface area (Å²) >= 11 is 0. The smallest absolute Gasteiger partial charge is 0.462 e. The minimum atomic E-state index is -4.88. The number of phosphoric ester groups is 2. The van der Waals surface area contributed by atoms with Crippen LogP contribution in [0.15, 0.2) is 97.2 Å². The van der Waals surface area contributed by atoms with Gasteiger partial charge in [-0.2, -0.15) is 0 Å². The third-order valence-electron chi connectivity index (χ3n) is 8.02. The average molecular weight is 887 g/mol. The van der Waals surface area contributed by atoms with Crippen LogP contribution in [-0.4, -0.2) is 81.6 Å². The van der Waals surface area contributed by atoms with Crippen LogP contribution >= 0.6 is 15.6 Å². The first-order valence-corrected chi connectivity index (χ1v) is 24.1. The third kappa shape index (κ3) is 41.7. The second kappa shape index (κ2) is 38.9. The standard InChI is InChI=1S/C44H72O14P2/c1-3-5-7-8-9-10-11-12-13-14-19-22-25-28-31-35-44(48)58-42(39-57-60(52,53)56-37-41(46)36-55-59(49,50)51)38-54-43(47)34-30-27-24-21-18-16-15-17-20-23-26-29-33-40(45)32-6-4-2/h6,9-10,12-13,15-16,19-24,26,29,32,40-42,45-46H,3-5,7-8,11,14,17-18,25,27-28,30-31,33-39H2,1-2H3,(H,52,53)(H2,49,50,51)/b10-9-,13-12-,16-15-,22-19-,23-20-,24-21-,29-26+,32-6-/t40?,41-,42+/m0/s1. The van der Waals surface area contributed by atoms with Crippen molar-refractivity contribution in [3.63, 3.8) is 0 Å². The van der Waals surface area contributed by atoms with E-state index in [9.17, 15) is 33.8 Å². The van der Waals surface area contributed by atoms with Crippen molar-refractivity contribution in [2.45, 2.75) is 141 Å². The molecule has 0 amide bonds. The molecule has 16 heteroatoms. The Labute approximate surface area is 358 Å². The van der Waals surface area contributed by atoms with Crippen LogP contribution in [0.2, 0.25) is 0 Å². The van der Waals surface area contributed by atoms with Crippen LogP contribution in [0.1, 0.15) is 123 Å². The van der Waals surface area contributed by atoms with Crippen molar-refractivity contribution in [3.05, 3.63) is 97.2 Å². The Morgan fingerprint density at radius 2 is 1.08 bits per heavy atom. The number of rotatable bonds is 38. The number of phosphoric acid groups is 2. The maximum atomic E-state index is 12.6. The van der Waals surface area contributed by atoms with E-state index in [0.29, 0.717) is 25.7 Å². The predicted octanol–water partition coefficient (Wildman–Crippen LogP) is 9.53. The maximum absolute atomic E-state index is 12.6. The first-order chi connectivity index (χ1) is 28.8. The van der Waals surface area contributed by atoms with Gasteiger partial charge in [0.25, 0.3) is 0 Å². The molecule has 0 aromatic rings. The highest BCUT2D eigenvalue weighted by molar-refractivity contribution is 7.47. The molecular formula is C44H72O14P2. The maximum Gasteiger partial charge on any atom is 0.472 e. The zero-order valence-electron chi connectivity index (χ0n) is 35.6. The first-order valence-electron chi connectivity index (χ1n) is 21.0. The topological polar surface area (TPSA) is 216 Å². The van der Waals surface area contributed by atoms with Crippen molar-refractivity contribution in [1.82, 2.24) is 0 Å². The lowest BCUT2D eigenvalue weighted by Crippen LogP contribution is -2.29. The molecule has 0 saturated heterocycles. The van der Waals surface area contributed by atoms with Gasteiger partial charge < -0.3 is 34.4 Å². The van der Waals surface area contributed by atoms with E-state index in [1.54, 1.807) is 6.08 Å². The second-order valence-electron chi connectivity index (χ2n) is 13.7. The van der Waals surface area contributed by atoms with Gasteiger partial charge in [0, 0.05) is 12.8 Å². The molecule has 0 aliphatic heterocycles. The summed E-state index contributed by atoms with van der Waals surface area (Å²) in [5, 5.41) is 19.5. The summed E-state index contributed by atoms with van der Waals surface area (Å²) in [5.41, 5.74) is 0. The zero-order valence-corrected chi connectivity index (χ0v) is 37.4. The molecular weight excluding hydrogens is 814 g/mol. The fourth-order valence-corrected chi connectivity index (χ4v) is 5.98. The Kier molecular flexibility index (Phi) is 36.9. The molecule has 60 heavy (non-hydrogen) atoms. The molecule has 5 N–H and O–H groups in total. The normalized spacial score (nSPS) is 15.5. The minimum absolute atomic E-state index is 0.0561. The van der Waals surface area contributed by atoms with E-state index < -0.39 is 72.3 Å². The van der Waals surface area contributed by atoms with Crippen molar-refractivity contribution in [2.24, 2.45) is 0 Å². The molecule has 14 nitrogen and oxygen atoms in total. The molecule has 0 radical (unpaired) electrons. The van der Waals surface area contributed by atoms with Gasteiger partial charge in [0.2, 0.25) is 0 Å². The predicted molar refractivity (Wildman–Crippen MR) is 236 cm³/mol. The lowest BCUT2D eigenvalue weighted by atomic mass is 10.1. The Balaban J connectivity index is 4.74. The van der Waals surface area contributed by atoms with Crippen LogP contribution < -0.4 is 0 Å². The monoisotopic (exact) mass is 886 g/mol. The molecule has 0 spiro atoms. The van der Waals surface area contributed by atoms with Gasteiger partial charge >= 0.3 is 27.6 Å². The number of ether oxygens (including phenoxy) is 2. The Morgan fingerprint density at radius 3 is 1.68 bits per heavy atom. The summed E-state index contributed by atoms with van der Waals surface area (Å²) in [6.07, 6.45) is 41.8. The molecule has 0 bridgehead atoms. The SMILES string of the molecule is CC/C=C\C(O)C/C=C/C=C\C/C=C\C/C=C\CCCC(=O)OC[C@H](COP(=O)(O)OC[C@@H](O)COP(=O)(O)O)OC(=O)CCCC/C=C\C/C=C\C/C=C\CCCCC. The van der Waals surface area contributed by atoms with Crippen molar-refractivity contribution in [1.29, 1.82) is 0 Å². The van der Waals surface area contributed by atoms with Crippen LogP contribution in [-0.2, 0) is 41.8 Å². The number of aliphatic hydroxyl groups is 2. The third-order valence-corrected chi connectivity index (χ3v) is 9.46. The zero-order chi connectivity index (χ0) is 44.6. The lowest BCUT2D eigenvalue weighted by Gasteiger charge is -2.20. The number of hydrogen-bond acceptors (Lipinski definition) is 11. The van der Waals surface area contributed by atoms with Gasteiger partial charge in [-0.25, -0.2) is 9.13 Å². The fourth-order valence-electron chi connectivity index (χ4n) is 4.82. The van der Waals surface area contributed by atoms with Gasteiger partial charge in [-0.1, -0.05) is 124 Å². The average Bonchev–Trinajstić information content (AvgIpc) is 3.20. The van der Waals surface area contributed by atoms with Crippen molar-refractivity contribution >= 4 is 27.6 Å². The highest BCUT2D eigenvalue weighted by Gasteiger charge is 2.28. The van der Waals surface area contributed by atoms with Gasteiger partial charge in [0.1, 0.15) is 12.7 Å². The van der Waals surface area contributed by atoms with E-state index >= 15 is 0 Å². The van der Waals surface area contributed by atoms with Gasteiger partial charge in [0.05, 0.1) is 25.9 Å². The minimum Gasteiger partial charge on any atom is -0.462 e. The van der Waals surface area contributed by atoms with Crippen molar-refractivity contribution < 1.29 is 66.7 Å². The fraction of sp³-hybridized carbons (Fsp3) is 0.591. The van der Waals surface area contributed by atoms with E-state index in [1.807, 2.05) is 61.6 Å². The van der Waals surface area contributed by atoms with E-state index in [4.69, 9.17) is 23.8 Å². The van der Waals surface area contributed by atoms with Gasteiger partial charge in [-0.3, -0.25) is 23.2 Å². The molecule has 4 atom stereocenters. The second-order valence-corrected chi connectivity index (χ2v) is 16.4. The summed E-state index contributed by atoms with van der Waals surface area (Å²) < 4.78 is 47.6. The molecule has 0 saturated carbocycles. The Hall–Kier alpha value is -3.00. The quantitative estimate of drug-likeness (QED) is 0.0128. The Bertz CT molecular complexity index is 1440. The largest absolute Gasteiger partial charge is 0.472 e. The molecule has 0 aromatic carbocycles. The van der Waals surface area contributed by atoms with E-state index in [-0.39, 0.29) is 12.8 Å². The summed E-state index contributed by atoms with van der Waals surface area (Å²) in [5.74, 6) is -1.18. The van der Waals surface area contributed by atoms with Crippen molar-refractivity contribution in [2.75, 3.05) is 26.4 Å². The molecule has 0 aliphatic rings. The number of carbonyl (C=O) groups is 2. The van der Waals surface area contributed by atoms with Gasteiger partial charge in [0.15, 0.2) is 6.10 Å². The number of allylic oxidation sites excluding steroid dienone is 14. The summed E-state index contributed by atoms with van der Waals surface area (Å²) in [4.78, 5) is 52.6. The summed E-state index contributed by atoms with van der Waals surface area (Å²) in [6, 6.07) is 0. The summed E-state index contributed by atoms with van der Waals surface area (Å²) in [7, 11) is -9.73. The molecule has 2 unspecified atom stereocenters. The Morgan fingerprint density at radius 1 is 0.567 bits per heavy atom. The lowest BCUT2D eigenvalue weighted by molar-refractivity contribution is -0.161. The number of aliphatic hydroxyl groups excluding tert-OH is 2. The highest BCUT2D eigenvalue weighted by atomic mass is 31.2. The highest BCUT2D eigenvalue weighted by Crippen LogP contribution is 2.43. The van der Waals surface area contributed by atoms with E-state index in [1.165, 1.54) is 19.3 Å². The molecule has 0 aromatic heterocycles. The van der Waals surface area contributed by atoms with Crippen molar-refractivity contribution in [3.8, 4) is 0 Å². The van der Waals surface area contributed by atoms with Crippen LogP contribution in [0.5, 0.6) is 0 Å². The molecule has 0 rings (SSSR count). The molecule has 0 aliphatic carbocycles. The van der Waals surface area contributed by atoms with E-state index in [2.05, 4.69) is 52.4 Å². The molecule has 0 fully saturated rings. The van der Waals surface area contributed by atoms with Crippen LogP contribution in [0.4, 0.5) is 0 Å². The van der Waals surface area contributed by atoms with Crippen LogP contribution in [0, 0.1) is 0 Å². The summed E-state index contributed by atoms with van der Waals surface area (Å²) in [6.45, 7) is 1.35. The number of esters is 2. The van der Waals surface area contributed by atoms with Gasteiger partial charge in [-0.15, -0.1) is 0 Å². The number of carbonyl (C=O) groups excluding carboxylic acids is 2. The van der Waals surface area contributed by atoms with Crippen LogP contribution in [0.25, 0.3) is 0 Å². The van der Waals surface area contributed by atoms with Gasteiger partial charge in [-0.05, 0) is 83.5 Å². The first kappa shape index (κ1) is 57.0. The number of hydrogen-bond donors (Lipinski definition) is 5. The van der Waals surface area contributed by atoms with Crippen LogP contribution in [0.3, 0.4) is 0 Å². The van der Waals surface area contributed by atoms with E-state index in [0.717, 1.165) is 51.4 Å². The number of unbranched alkanes of at least 4 members (excludes halogenated alkanes) is 6. The molecule has 0 heterocycles.